The van der Waals surface area contributed by atoms with Crippen LogP contribution in [0.25, 0.3) is 0 Å². The van der Waals surface area contributed by atoms with Gasteiger partial charge in [0, 0.05) is 25.7 Å². The summed E-state index contributed by atoms with van der Waals surface area (Å²) in [6.45, 7) is 7.21. The summed E-state index contributed by atoms with van der Waals surface area (Å²) in [6.07, 6.45) is 4.65. The average molecular weight is 279 g/mol. The van der Waals surface area contributed by atoms with E-state index in [1.807, 2.05) is 6.08 Å². The van der Waals surface area contributed by atoms with E-state index >= 15 is 0 Å². The van der Waals surface area contributed by atoms with Crippen molar-refractivity contribution in [3.63, 3.8) is 0 Å². The number of fused-ring (bicyclic) bond motifs is 1. The van der Waals surface area contributed by atoms with E-state index in [9.17, 15) is 0 Å². The first-order chi connectivity index (χ1) is 9.38. The Morgan fingerprint density at radius 2 is 2.53 bits per heavy atom. The van der Waals surface area contributed by atoms with Gasteiger partial charge in [0.1, 0.15) is 6.10 Å². The lowest BCUT2D eigenvalue weighted by Crippen LogP contribution is -2.41. The summed E-state index contributed by atoms with van der Waals surface area (Å²) in [5, 5.41) is 4.38. The molecular formula is C15H21NO2S. The van der Waals surface area contributed by atoms with Gasteiger partial charge in [0.2, 0.25) is 0 Å². The minimum absolute atomic E-state index is 0.196. The molecule has 0 unspecified atom stereocenters. The van der Waals surface area contributed by atoms with Gasteiger partial charge in [0.05, 0.1) is 12.7 Å². The fourth-order valence-corrected chi connectivity index (χ4v) is 3.80. The first kappa shape index (κ1) is 13.3. The largest absolute Gasteiger partial charge is 0.374 e. The molecule has 2 fully saturated rings. The summed E-state index contributed by atoms with van der Waals surface area (Å²) < 4.78 is 11.9. The number of hydrogen-bond acceptors (Lipinski definition) is 4. The van der Waals surface area contributed by atoms with Crippen molar-refractivity contribution in [1.82, 2.24) is 4.90 Å². The van der Waals surface area contributed by atoms with E-state index in [0.717, 1.165) is 26.1 Å². The Kier molecular flexibility index (Phi) is 4.33. The molecule has 2 saturated heterocycles. The Bertz CT molecular complexity index is 406. The van der Waals surface area contributed by atoms with Crippen molar-refractivity contribution in [2.24, 2.45) is 0 Å². The van der Waals surface area contributed by atoms with E-state index in [2.05, 4.69) is 28.3 Å². The number of nitrogens with zero attached hydrogens (tertiary/aromatic N) is 1. The highest BCUT2D eigenvalue weighted by atomic mass is 32.1. The van der Waals surface area contributed by atoms with Crippen LogP contribution in [-0.2, 0) is 16.0 Å². The first-order valence-electron chi connectivity index (χ1n) is 6.97. The molecule has 104 valence electrons. The molecule has 0 saturated carbocycles. The normalized spacial score (nSPS) is 31.3. The molecule has 3 heterocycles. The smallest absolute Gasteiger partial charge is 0.100 e. The van der Waals surface area contributed by atoms with Crippen molar-refractivity contribution in [2.75, 3.05) is 19.8 Å². The highest BCUT2D eigenvalue weighted by Gasteiger charge is 2.44. The third-order valence-electron chi connectivity index (χ3n) is 3.98. The topological polar surface area (TPSA) is 21.7 Å². The van der Waals surface area contributed by atoms with Gasteiger partial charge >= 0.3 is 0 Å². The maximum Gasteiger partial charge on any atom is 0.100 e. The second-order valence-corrected chi connectivity index (χ2v) is 6.05. The second-order valence-electron chi connectivity index (χ2n) is 5.27. The lowest BCUT2D eigenvalue weighted by molar-refractivity contribution is -0.0721. The summed E-state index contributed by atoms with van der Waals surface area (Å²) in [7, 11) is 0. The lowest BCUT2D eigenvalue weighted by atomic mass is 10.0. The van der Waals surface area contributed by atoms with Gasteiger partial charge in [0.15, 0.2) is 0 Å². The van der Waals surface area contributed by atoms with Crippen molar-refractivity contribution in [3.05, 3.63) is 35.0 Å². The van der Waals surface area contributed by atoms with E-state index in [-0.39, 0.29) is 12.2 Å². The molecule has 0 aliphatic carbocycles. The molecule has 2 aliphatic heterocycles. The SMILES string of the molecule is C=CCO[C@@H]1CN(Cc2ccsc2)[C@H]2CCCO[C@@H]12. The summed E-state index contributed by atoms with van der Waals surface area (Å²) in [4.78, 5) is 2.53. The highest BCUT2D eigenvalue weighted by Crippen LogP contribution is 2.32. The zero-order chi connectivity index (χ0) is 13.1. The van der Waals surface area contributed by atoms with Crippen molar-refractivity contribution in [1.29, 1.82) is 0 Å². The van der Waals surface area contributed by atoms with Crippen molar-refractivity contribution < 1.29 is 9.47 Å². The zero-order valence-electron chi connectivity index (χ0n) is 11.2. The average Bonchev–Trinajstić information content (AvgIpc) is 3.06. The Morgan fingerprint density at radius 1 is 1.58 bits per heavy atom. The van der Waals surface area contributed by atoms with Gasteiger partial charge in [0.25, 0.3) is 0 Å². The first-order valence-corrected chi connectivity index (χ1v) is 7.92. The van der Waals surface area contributed by atoms with Gasteiger partial charge in [-0.15, -0.1) is 6.58 Å². The van der Waals surface area contributed by atoms with Crippen LogP contribution in [0.4, 0.5) is 0 Å². The number of thiophene rings is 1. The van der Waals surface area contributed by atoms with Crippen LogP contribution in [0.5, 0.6) is 0 Å². The van der Waals surface area contributed by atoms with Crippen LogP contribution in [-0.4, -0.2) is 42.9 Å². The Balaban J connectivity index is 1.68. The molecule has 19 heavy (non-hydrogen) atoms. The van der Waals surface area contributed by atoms with Crippen LogP contribution < -0.4 is 0 Å². The molecule has 0 aromatic carbocycles. The molecule has 3 rings (SSSR count). The summed E-state index contributed by atoms with van der Waals surface area (Å²) in [5.41, 5.74) is 1.40. The van der Waals surface area contributed by atoms with Gasteiger partial charge in [-0.2, -0.15) is 11.3 Å². The van der Waals surface area contributed by atoms with Gasteiger partial charge in [-0.1, -0.05) is 6.08 Å². The minimum atomic E-state index is 0.196. The van der Waals surface area contributed by atoms with Crippen LogP contribution in [0.2, 0.25) is 0 Å². The summed E-state index contributed by atoms with van der Waals surface area (Å²) in [6, 6.07) is 2.73. The third-order valence-corrected chi connectivity index (χ3v) is 4.71. The monoisotopic (exact) mass is 279 g/mol. The lowest BCUT2D eigenvalue weighted by Gasteiger charge is -2.32. The van der Waals surface area contributed by atoms with Crippen molar-refractivity contribution in [2.45, 2.75) is 37.6 Å². The van der Waals surface area contributed by atoms with Crippen LogP contribution in [0, 0.1) is 0 Å². The van der Waals surface area contributed by atoms with Crippen molar-refractivity contribution in [3.8, 4) is 0 Å². The highest BCUT2D eigenvalue weighted by molar-refractivity contribution is 7.07. The number of hydrogen-bond donors (Lipinski definition) is 0. The van der Waals surface area contributed by atoms with Gasteiger partial charge in [-0.25, -0.2) is 0 Å². The Labute approximate surface area is 118 Å². The molecule has 0 N–H and O–H groups in total. The molecule has 0 spiro atoms. The predicted molar refractivity (Wildman–Crippen MR) is 77.4 cm³/mol. The van der Waals surface area contributed by atoms with E-state index in [1.54, 1.807) is 11.3 Å². The van der Waals surface area contributed by atoms with Gasteiger partial charge in [-0.05, 0) is 35.2 Å². The number of likely N-dealkylation sites (tertiary alicyclic amines) is 1. The van der Waals surface area contributed by atoms with Crippen molar-refractivity contribution >= 4 is 11.3 Å². The molecule has 4 heteroatoms. The maximum atomic E-state index is 5.96. The van der Waals surface area contributed by atoms with E-state index in [1.165, 1.54) is 12.0 Å². The Hall–Kier alpha value is -0.680. The van der Waals surface area contributed by atoms with Crippen LogP contribution >= 0.6 is 11.3 Å². The molecule has 1 aromatic rings. The Morgan fingerprint density at radius 3 is 3.32 bits per heavy atom. The minimum Gasteiger partial charge on any atom is -0.374 e. The molecule has 0 amide bonds. The van der Waals surface area contributed by atoms with E-state index < -0.39 is 0 Å². The number of rotatable bonds is 5. The zero-order valence-corrected chi connectivity index (χ0v) is 12.0. The molecule has 0 bridgehead atoms. The molecule has 2 aliphatic rings. The molecule has 1 aromatic heterocycles. The number of ether oxygens (including phenoxy) is 2. The van der Waals surface area contributed by atoms with Crippen LogP contribution in [0.3, 0.4) is 0 Å². The van der Waals surface area contributed by atoms with E-state index in [4.69, 9.17) is 9.47 Å². The van der Waals surface area contributed by atoms with Crippen LogP contribution in [0.1, 0.15) is 18.4 Å². The second kappa shape index (κ2) is 6.18. The standard InChI is InChI=1S/C15H21NO2S/c1-2-6-17-14-10-16(9-12-5-8-19-11-12)13-4-3-7-18-15(13)14/h2,5,8,11,13-15H,1,3-4,6-7,9-10H2/t13-,14+,15+/m0/s1. The fourth-order valence-electron chi connectivity index (χ4n) is 3.14. The fraction of sp³-hybridized carbons (Fsp3) is 0.600. The summed E-state index contributed by atoms with van der Waals surface area (Å²) >= 11 is 1.76. The quantitative estimate of drug-likeness (QED) is 0.774. The van der Waals surface area contributed by atoms with Gasteiger partial charge in [-0.3, -0.25) is 4.90 Å². The van der Waals surface area contributed by atoms with Gasteiger partial charge < -0.3 is 9.47 Å². The predicted octanol–water partition coefficient (Wildman–Crippen LogP) is 2.68. The molecule has 3 atom stereocenters. The maximum absolute atomic E-state index is 5.96. The van der Waals surface area contributed by atoms with Crippen LogP contribution in [0.15, 0.2) is 29.5 Å². The summed E-state index contributed by atoms with van der Waals surface area (Å²) in [5.74, 6) is 0. The molecule has 3 nitrogen and oxygen atoms in total. The molecular weight excluding hydrogens is 258 g/mol. The van der Waals surface area contributed by atoms with E-state index in [0.29, 0.717) is 12.6 Å². The third kappa shape index (κ3) is 2.92. The molecule has 0 radical (unpaired) electrons.